The van der Waals surface area contributed by atoms with Crippen LogP contribution in [-0.4, -0.2) is 14.2 Å². The van der Waals surface area contributed by atoms with E-state index in [1.165, 1.54) is 11.1 Å². The molecule has 0 saturated carbocycles. The van der Waals surface area contributed by atoms with Crippen LogP contribution in [0.2, 0.25) is 0 Å². The highest BCUT2D eigenvalue weighted by atomic mass is 16.5. The van der Waals surface area contributed by atoms with E-state index >= 15 is 0 Å². The third-order valence-corrected chi connectivity index (χ3v) is 3.86. The van der Waals surface area contributed by atoms with Crippen LogP contribution in [0.5, 0.6) is 11.5 Å². The Labute approximate surface area is 138 Å². The highest BCUT2D eigenvalue weighted by molar-refractivity contribution is 5.54. The molecule has 0 unspecified atom stereocenters. The van der Waals surface area contributed by atoms with Gasteiger partial charge in [-0.25, -0.2) is 0 Å². The van der Waals surface area contributed by atoms with Gasteiger partial charge in [-0.3, -0.25) is 0 Å². The summed E-state index contributed by atoms with van der Waals surface area (Å²) in [6.07, 6.45) is 2.62. The van der Waals surface area contributed by atoms with Gasteiger partial charge in [0.05, 0.1) is 14.2 Å². The molecule has 2 aromatic rings. The Bertz CT molecular complexity index is 692. The predicted molar refractivity (Wildman–Crippen MR) is 96.7 cm³/mol. The van der Waals surface area contributed by atoms with Crippen LogP contribution in [0.3, 0.4) is 0 Å². The fourth-order valence-electron chi connectivity index (χ4n) is 2.64. The van der Waals surface area contributed by atoms with Gasteiger partial charge in [0.25, 0.3) is 0 Å². The van der Waals surface area contributed by atoms with Crippen molar-refractivity contribution in [3.63, 3.8) is 0 Å². The van der Waals surface area contributed by atoms with E-state index in [4.69, 9.17) is 9.47 Å². The molecule has 0 heterocycles. The van der Waals surface area contributed by atoms with Crippen molar-refractivity contribution >= 4 is 5.69 Å². The van der Waals surface area contributed by atoms with E-state index in [0.29, 0.717) is 0 Å². The average molecular weight is 311 g/mol. The smallest absolute Gasteiger partial charge is 0.164 e. The molecular weight excluding hydrogens is 286 g/mol. The molecule has 0 spiro atoms. The standard InChI is InChI=1S/C20H25NO2/c1-6-7-17-11-16(12-19(22-4)20(17)23-5)13-21-18-10-14(2)8-9-15(18)3/h6,8-12,21H,1,7,13H2,2-5H3. The minimum absolute atomic E-state index is 0.731. The lowest BCUT2D eigenvalue weighted by Gasteiger charge is -2.16. The van der Waals surface area contributed by atoms with Gasteiger partial charge in [-0.15, -0.1) is 6.58 Å². The molecule has 0 saturated heterocycles. The summed E-state index contributed by atoms with van der Waals surface area (Å²) in [5.74, 6) is 1.53. The number of benzene rings is 2. The molecule has 0 aliphatic heterocycles. The number of rotatable bonds is 7. The minimum Gasteiger partial charge on any atom is -0.493 e. The van der Waals surface area contributed by atoms with Gasteiger partial charge < -0.3 is 14.8 Å². The van der Waals surface area contributed by atoms with E-state index in [9.17, 15) is 0 Å². The maximum Gasteiger partial charge on any atom is 0.164 e. The maximum atomic E-state index is 5.48. The largest absolute Gasteiger partial charge is 0.493 e. The Balaban J connectivity index is 2.27. The third-order valence-electron chi connectivity index (χ3n) is 3.86. The highest BCUT2D eigenvalue weighted by Gasteiger charge is 2.11. The van der Waals surface area contributed by atoms with Crippen molar-refractivity contribution in [3.05, 3.63) is 65.2 Å². The summed E-state index contributed by atoms with van der Waals surface area (Å²) in [5.41, 5.74) is 5.88. The first kappa shape index (κ1) is 16.9. The molecular formula is C20H25NO2. The van der Waals surface area contributed by atoms with Crippen LogP contribution in [0.4, 0.5) is 5.69 Å². The fourth-order valence-corrected chi connectivity index (χ4v) is 2.64. The number of hydrogen-bond acceptors (Lipinski definition) is 3. The van der Waals surface area contributed by atoms with E-state index in [1.54, 1.807) is 14.2 Å². The summed E-state index contributed by atoms with van der Waals surface area (Å²) in [7, 11) is 3.33. The predicted octanol–water partition coefficient (Wildman–Crippen LogP) is 4.66. The number of anilines is 1. The van der Waals surface area contributed by atoms with E-state index < -0.39 is 0 Å². The monoisotopic (exact) mass is 311 g/mol. The number of ether oxygens (including phenoxy) is 2. The van der Waals surface area contributed by atoms with E-state index in [-0.39, 0.29) is 0 Å². The Morgan fingerprint density at radius 1 is 1.09 bits per heavy atom. The molecule has 0 radical (unpaired) electrons. The normalized spacial score (nSPS) is 10.3. The van der Waals surface area contributed by atoms with Gasteiger partial charge in [0.1, 0.15) is 0 Å². The van der Waals surface area contributed by atoms with Crippen molar-refractivity contribution in [1.82, 2.24) is 0 Å². The second-order valence-corrected chi connectivity index (χ2v) is 5.66. The summed E-state index contributed by atoms with van der Waals surface area (Å²) < 4.78 is 11.0. The van der Waals surface area contributed by atoms with Crippen LogP contribution in [0.25, 0.3) is 0 Å². The third kappa shape index (κ3) is 4.07. The van der Waals surface area contributed by atoms with Crippen LogP contribution in [0, 0.1) is 13.8 Å². The summed E-state index contributed by atoms with van der Waals surface area (Å²) in [5, 5.41) is 3.51. The topological polar surface area (TPSA) is 30.5 Å². The summed E-state index contributed by atoms with van der Waals surface area (Å²) in [6.45, 7) is 8.76. The van der Waals surface area contributed by atoms with Gasteiger partial charge in [-0.1, -0.05) is 18.2 Å². The van der Waals surface area contributed by atoms with Crippen molar-refractivity contribution in [1.29, 1.82) is 0 Å². The average Bonchev–Trinajstić information content (AvgIpc) is 2.55. The van der Waals surface area contributed by atoms with Crippen molar-refractivity contribution in [3.8, 4) is 11.5 Å². The zero-order valence-corrected chi connectivity index (χ0v) is 14.4. The van der Waals surface area contributed by atoms with Crippen molar-refractivity contribution < 1.29 is 9.47 Å². The number of aryl methyl sites for hydroxylation is 2. The lowest BCUT2D eigenvalue weighted by atomic mass is 10.0. The molecule has 122 valence electrons. The zero-order chi connectivity index (χ0) is 16.8. The molecule has 3 nitrogen and oxygen atoms in total. The van der Waals surface area contributed by atoms with Crippen LogP contribution in [0.15, 0.2) is 43.0 Å². The molecule has 3 heteroatoms. The van der Waals surface area contributed by atoms with Gasteiger partial charge >= 0.3 is 0 Å². The van der Waals surface area contributed by atoms with E-state index in [1.807, 2.05) is 12.1 Å². The molecule has 0 atom stereocenters. The van der Waals surface area contributed by atoms with Crippen LogP contribution < -0.4 is 14.8 Å². The second-order valence-electron chi connectivity index (χ2n) is 5.66. The number of allylic oxidation sites excluding steroid dienone is 1. The molecule has 0 bridgehead atoms. The first-order valence-corrected chi connectivity index (χ1v) is 7.74. The number of hydrogen-bond donors (Lipinski definition) is 1. The summed E-state index contributed by atoms with van der Waals surface area (Å²) in [4.78, 5) is 0. The zero-order valence-electron chi connectivity index (χ0n) is 14.4. The van der Waals surface area contributed by atoms with Crippen molar-refractivity contribution in [2.45, 2.75) is 26.8 Å². The second kappa shape index (κ2) is 7.73. The van der Waals surface area contributed by atoms with Gasteiger partial charge in [-0.05, 0) is 55.2 Å². The molecule has 0 aromatic heterocycles. The van der Waals surface area contributed by atoms with Gasteiger partial charge in [0.15, 0.2) is 11.5 Å². The quantitative estimate of drug-likeness (QED) is 0.754. The molecule has 0 aliphatic carbocycles. The van der Waals surface area contributed by atoms with Crippen LogP contribution in [-0.2, 0) is 13.0 Å². The Morgan fingerprint density at radius 2 is 1.87 bits per heavy atom. The molecule has 0 fully saturated rings. The highest BCUT2D eigenvalue weighted by Crippen LogP contribution is 2.33. The molecule has 0 amide bonds. The van der Waals surface area contributed by atoms with Crippen molar-refractivity contribution in [2.24, 2.45) is 0 Å². The summed E-state index contributed by atoms with van der Waals surface area (Å²) in [6, 6.07) is 10.6. The molecule has 2 rings (SSSR count). The SMILES string of the molecule is C=CCc1cc(CNc2cc(C)ccc2C)cc(OC)c1OC. The molecule has 0 aliphatic rings. The van der Waals surface area contributed by atoms with Crippen LogP contribution >= 0.6 is 0 Å². The molecule has 2 aromatic carbocycles. The Morgan fingerprint density at radius 3 is 2.52 bits per heavy atom. The van der Waals surface area contributed by atoms with Gasteiger partial charge in [0, 0.05) is 17.8 Å². The fraction of sp³-hybridized carbons (Fsp3) is 0.300. The van der Waals surface area contributed by atoms with E-state index in [2.05, 4.69) is 50.0 Å². The maximum absolute atomic E-state index is 5.48. The van der Waals surface area contributed by atoms with Gasteiger partial charge in [0.2, 0.25) is 0 Å². The molecule has 23 heavy (non-hydrogen) atoms. The lowest BCUT2D eigenvalue weighted by Crippen LogP contribution is -2.04. The lowest BCUT2D eigenvalue weighted by molar-refractivity contribution is 0.352. The Kier molecular flexibility index (Phi) is 5.69. The number of nitrogens with one attached hydrogen (secondary N) is 1. The first-order valence-electron chi connectivity index (χ1n) is 7.74. The first-order chi connectivity index (χ1) is 11.1. The van der Waals surface area contributed by atoms with Crippen LogP contribution in [0.1, 0.15) is 22.3 Å². The minimum atomic E-state index is 0.731. The Hall–Kier alpha value is -2.42. The molecule has 1 N–H and O–H groups in total. The van der Waals surface area contributed by atoms with E-state index in [0.717, 1.165) is 41.3 Å². The summed E-state index contributed by atoms with van der Waals surface area (Å²) >= 11 is 0. The number of methoxy groups -OCH3 is 2. The van der Waals surface area contributed by atoms with Gasteiger partial charge in [-0.2, -0.15) is 0 Å². The van der Waals surface area contributed by atoms with Crippen molar-refractivity contribution in [2.75, 3.05) is 19.5 Å².